The zero-order chi connectivity index (χ0) is 12.0. The van der Waals surface area contributed by atoms with Gasteiger partial charge >= 0.3 is 5.97 Å². The highest BCUT2D eigenvalue weighted by Gasteiger charge is 2.17. The molecule has 16 heavy (non-hydrogen) atoms. The van der Waals surface area contributed by atoms with E-state index in [1.165, 1.54) is 0 Å². The molecule has 0 spiro atoms. The first-order valence-electron chi connectivity index (χ1n) is 5.36. The van der Waals surface area contributed by atoms with E-state index >= 15 is 0 Å². The van der Waals surface area contributed by atoms with E-state index in [1.807, 2.05) is 0 Å². The Balaban J connectivity index is 2.29. The van der Waals surface area contributed by atoms with Crippen LogP contribution in [0, 0.1) is 0 Å². The topological polar surface area (TPSA) is 86.7 Å². The number of hydrogen-bond donors (Lipinski definition) is 2. The molecule has 0 atom stereocenters. The number of carboxylic acid groups (broad SMARTS) is 1. The quantitative estimate of drug-likeness (QED) is 0.684. The molecule has 90 valence electrons. The van der Waals surface area contributed by atoms with Crippen molar-refractivity contribution in [2.75, 3.05) is 19.6 Å². The lowest BCUT2D eigenvalue weighted by molar-refractivity contribution is -0.137. The molecular formula is C10H16N2O4. The number of nitrogens with zero attached hydrogens (tertiary/aromatic N) is 1. The van der Waals surface area contributed by atoms with Gasteiger partial charge in [-0.15, -0.1) is 0 Å². The molecule has 1 aliphatic heterocycles. The smallest absolute Gasteiger partial charge is 0.303 e. The fourth-order valence-corrected chi connectivity index (χ4v) is 1.57. The minimum absolute atomic E-state index is 0.0107. The van der Waals surface area contributed by atoms with Gasteiger partial charge in [0.2, 0.25) is 11.8 Å². The first-order valence-corrected chi connectivity index (χ1v) is 5.36. The van der Waals surface area contributed by atoms with Gasteiger partial charge in [0, 0.05) is 38.9 Å². The maximum atomic E-state index is 11.6. The van der Waals surface area contributed by atoms with Gasteiger partial charge in [0.15, 0.2) is 0 Å². The lowest BCUT2D eigenvalue weighted by Gasteiger charge is -2.19. The van der Waals surface area contributed by atoms with Crippen molar-refractivity contribution in [1.29, 1.82) is 0 Å². The molecule has 1 fully saturated rings. The number of rotatable bonds is 4. The standard InChI is InChI=1S/C10H16N2O4/c13-8-4-6-12(7-5-11-8)9(14)2-1-3-10(15)16/h1-7H2,(H,11,13)(H,15,16). The Hall–Kier alpha value is -1.59. The molecule has 6 heteroatoms. The van der Waals surface area contributed by atoms with Crippen molar-refractivity contribution in [1.82, 2.24) is 10.2 Å². The minimum atomic E-state index is -0.888. The molecule has 0 aromatic carbocycles. The predicted octanol–water partition coefficient (Wildman–Crippen LogP) is -0.410. The molecule has 1 aliphatic rings. The molecule has 0 aromatic heterocycles. The fourth-order valence-electron chi connectivity index (χ4n) is 1.57. The van der Waals surface area contributed by atoms with Gasteiger partial charge in [-0.05, 0) is 6.42 Å². The molecule has 2 amide bonds. The molecule has 0 aromatic rings. The summed E-state index contributed by atoms with van der Waals surface area (Å²) in [6.07, 6.45) is 0.925. The van der Waals surface area contributed by atoms with Gasteiger partial charge in [-0.3, -0.25) is 14.4 Å². The number of nitrogens with one attached hydrogen (secondary N) is 1. The minimum Gasteiger partial charge on any atom is -0.481 e. The second kappa shape index (κ2) is 6.09. The monoisotopic (exact) mass is 228 g/mol. The number of amides is 2. The van der Waals surface area contributed by atoms with E-state index in [2.05, 4.69) is 5.32 Å². The van der Waals surface area contributed by atoms with E-state index < -0.39 is 5.97 Å². The van der Waals surface area contributed by atoms with Crippen molar-refractivity contribution in [3.05, 3.63) is 0 Å². The van der Waals surface area contributed by atoms with Gasteiger partial charge in [-0.2, -0.15) is 0 Å². The summed E-state index contributed by atoms with van der Waals surface area (Å²) in [4.78, 5) is 34.5. The molecule has 0 saturated carbocycles. The zero-order valence-electron chi connectivity index (χ0n) is 9.07. The Morgan fingerprint density at radius 2 is 2.06 bits per heavy atom. The molecule has 1 saturated heterocycles. The van der Waals surface area contributed by atoms with Gasteiger partial charge in [-0.1, -0.05) is 0 Å². The van der Waals surface area contributed by atoms with Gasteiger partial charge < -0.3 is 15.3 Å². The Morgan fingerprint density at radius 3 is 2.75 bits per heavy atom. The third-order valence-electron chi connectivity index (χ3n) is 2.45. The maximum absolute atomic E-state index is 11.6. The molecule has 1 rings (SSSR count). The summed E-state index contributed by atoms with van der Waals surface area (Å²) in [6, 6.07) is 0. The van der Waals surface area contributed by atoms with Crippen LogP contribution in [0.4, 0.5) is 0 Å². The summed E-state index contributed by atoms with van der Waals surface area (Å²) >= 11 is 0. The van der Waals surface area contributed by atoms with Crippen LogP contribution in [0.1, 0.15) is 25.7 Å². The summed E-state index contributed by atoms with van der Waals surface area (Å²) < 4.78 is 0. The van der Waals surface area contributed by atoms with E-state index in [0.29, 0.717) is 32.5 Å². The lowest BCUT2D eigenvalue weighted by atomic mass is 10.2. The highest BCUT2D eigenvalue weighted by molar-refractivity contribution is 5.80. The van der Waals surface area contributed by atoms with Crippen molar-refractivity contribution in [3.63, 3.8) is 0 Å². The molecule has 6 nitrogen and oxygen atoms in total. The molecule has 1 heterocycles. The average molecular weight is 228 g/mol. The zero-order valence-corrected chi connectivity index (χ0v) is 9.07. The van der Waals surface area contributed by atoms with Crippen molar-refractivity contribution in [3.8, 4) is 0 Å². The Kier molecular flexibility index (Phi) is 4.75. The Bertz CT molecular complexity index is 291. The van der Waals surface area contributed by atoms with Crippen LogP contribution >= 0.6 is 0 Å². The number of hydrogen-bond acceptors (Lipinski definition) is 3. The molecule has 0 radical (unpaired) electrons. The van der Waals surface area contributed by atoms with Crippen molar-refractivity contribution >= 4 is 17.8 Å². The highest BCUT2D eigenvalue weighted by atomic mass is 16.4. The van der Waals surface area contributed by atoms with Crippen LogP contribution in [0.3, 0.4) is 0 Å². The predicted molar refractivity (Wildman–Crippen MR) is 55.7 cm³/mol. The van der Waals surface area contributed by atoms with Crippen LogP contribution in [-0.4, -0.2) is 47.4 Å². The number of aliphatic carboxylic acids is 1. The van der Waals surface area contributed by atoms with Crippen LogP contribution in [0.5, 0.6) is 0 Å². The van der Waals surface area contributed by atoms with Crippen LogP contribution in [0.25, 0.3) is 0 Å². The number of carbonyl (C=O) groups is 3. The maximum Gasteiger partial charge on any atom is 0.303 e. The number of carboxylic acids is 1. The van der Waals surface area contributed by atoms with Crippen molar-refractivity contribution in [2.45, 2.75) is 25.7 Å². The first-order chi connectivity index (χ1) is 7.59. The third kappa shape index (κ3) is 4.29. The van der Waals surface area contributed by atoms with E-state index in [-0.39, 0.29) is 24.7 Å². The average Bonchev–Trinajstić information content (AvgIpc) is 2.42. The third-order valence-corrected chi connectivity index (χ3v) is 2.45. The summed E-state index contributed by atoms with van der Waals surface area (Å²) in [5.41, 5.74) is 0. The SMILES string of the molecule is O=C(O)CCCC(=O)N1CCNC(=O)CC1. The van der Waals surface area contributed by atoms with E-state index in [1.54, 1.807) is 4.90 Å². The van der Waals surface area contributed by atoms with Gasteiger partial charge in [0.05, 0.1) is 0 Å². The Morgan fingerprint density at radius 1 is 1.31 bits per heavy atom. The van der Waals surface area contributed by atoms with Crippen LogP contribution < -0.4 is 5.32 Å². The summed E-state index contributed by atoms with van der Waals surface area (Å²) in [6.45, 7) is 1.42. The second-order valence-corrected chi connectivity index (χ2v) is 3.73. The largest absolute Gasteiger partial charge is 0.481 e. The highest BCUT2D eigenvalue weighted by Crippen LogP contribution is 2.03. The molecule has 0 aliphatic carbocycles. The summed E-state index contributed by atoms with van der Waals surface area (Å²) in [5.74, 6) is -1.00. The van der Waals surface area contributed by atoms with Crippen LogP contribution in [0.15, 0.2) is 0 Å². The Labute approximate surface area is 93.6 Å². The van der Waals surface area contributed by atoms with E-state index in [4.69, 9.17) is 5.11 Å². The van der Waals surface area contributed by atoms with Crippen molar-refractivity contribution in [2.24, 2.45) is 0 Å². The second-order valence-electron chi connectivity index (χ2n) is 3.73. The van der Waals surface area contributed by atoms with E-state index in [0.717, 1.165) is 0 Å². The molecule has 0 unspecified atom stereocenters. The molecule has 2 N–H and O–H groups in total. The van der Waals surface area contributed by atoms with Crippen LogP contribution in [0.2, 0.25) is 0 Å². The fraction of sp³-hybridized carbons (Fsp3) is 0.700. The summed E-state index contributed by atoms with van der Waals surface area (Å²) in [5, 5.41) is 11.1. The van der Waals surface area contributed by atoms with Crippen LogP contribution in [-0.2, 0) is 14.4 Å². The number of carbonyl (C=O) groups excluding carboxylic acids is 2. The van der Waals surface area contributed by atoms with Gasteiger partial charge in [0.1, 0.15) is 0 Å². The van der Waals surface area contributed by atoms with E-state index in [9.17, 15) is 14.4 Å². The first kappa shape index (κ1) is 12.5. The molecular weight excluding hydrogens is 212 g/mol. The van der Waals surface area contributed by atoms with Gasteiger partial charge in [-0.25, -0.2) is 0 Å². The lowest BCUT2D eigenvalue weighted by Crippen LogP contribution is -2.34. The molecule has 0 bridgehead atoms. The van der Waals surface area contributed by atoms with Gasteiger partial charge in [0.25, 0.3) is 0 Å². The summed E-state index contributed by atoms with van der Waals surface area (Å²) in [7, 11) is 0. The normalized spacial score (nSPS) is 16.5. The van der Waals surface area contributed by atoms with Crippen molar-refractivity contribution < 1.29 is 19.5 Å².